The van der Waals surface area contributed by atoms with Gasteiger partial charge in [-0.3, -0.25) is 0 Å². The van der Waals surface area contributed by atoms with Crippen molar-refractivity contribution in [1.29, 1.82) is 0 Å². The summed E-state index contributed by atoms with van der Waals surface area (Å²) < 4.78 is 6.09. The van der Waals surface area contributed by atoms with E-state index in [0.717, 1.165) is 51.9 Å². The van der Waals surface area contributed by atoms with Crippen LogP contribution in [0.4, 0.5) is 4.79 Å². The van der Waals surface area contributed by atoms with Crippen molar-refractivity contribution in [2.75, 3.05) is 39.3 Å². The number of ether oxygens (including phenoxy) is 1. The number of fused-ring (bicyclic) bond motifs is 1. The first-order valence-electron chi connectivity index (χ1n) is 11.6. The molecular formula is C24H37N3O2. The summed E-state index contributed by atoms with van der Waals surface area (Å²) in [7, 11) is 0. The lowest BCUT2D eigenvalue weighted by Crippen LogP contribution is -2.46. The molecule has 1 atom stereocenters. The molecule has 3 aliphatic rings. The third kappa shape index (κ3) is 5.13. The Labute approximate surface area is 175 Å². The van der Waals surface area contributed by atoms with Gasteiger partial charge >= 0.3 is 6.03 Å². The quantitative estimate of drug-likeness (QED) is 0.784. The van der Waals surface area contributed by atoms with Gasteiger partial charge in [0.2, 0.25) is 0 Å². The van der Waals surface area contributed by atoms with E-state index >= 15 is 0 Å². The van der Waals surface area contributed by atoms with Gasteiger partial charge in [-0.05, 0) is 74.2 Å². The summed E-state index contributed by atoms with van der Waals surface area (Å²) in [6, 6.07) is 7.04. The van der Waals surface area contributed by atoms with Crippen molar-refractivity contribution in [1.82, 2.24) is 15.1 Å². The van der Waals surface area contributed by atoms with Crippen molar-refractivity contribution >= 4 is 6.03 Å². The molecular weight excluding hydrogens is 362 g/mol. The Morgan fingerprint density at radius 1 is 1.14 bits per heavy atom. The first-order valence-corrected chi connectivity index (χ1v) is 11.6. The molecule has 0 radical (unpaired) electrons. The lowest BCUT2D eigenvalue weighted by Gasteiger charge is -2.33. The Kier molecular flexibility index (Phi) is 6.76. The zero-order valence-electron chi connectivity index (χ0n) is 18.2. The number of carbonyl (C=O) groups is 1. The van der Waals surface area contributed by atoms with Crippen LogP contribution in [-0.4, -0.2) is 61.3 Å². The van der Waals surface area contributed by atoms with E-state index in [2.05, 4.69) is 42.3 Å². The molecule has 2 amide bonds. The standard InChI is InChI=1S/C24H37N3O2/c1-18(2)20-6-5-19-7-8-23(22(19)17-20)25-24(28)27-13-9-21(10-14-27)29-16-15-26-11-3-4-12-26/h5-6,17-18,21,23H,3-4,7-16H2,1-2H3,(H,25,28). The molecule has 0 bridgehead atoms. The van der Waals surface area contributed by atoms with E-state index in [4.69, 9.17) is 4.74 Å². The van der Waals surface area contributed by atoms with Crippen LogP contribution in [-0.2, 0) is 11.2 Å². The molecule has 2 aliphatic heterocycles. The molecule has 1 N–H and O–H groups in total. The number of urea groups is 1. The van der Waals surface area contributed by atoms with Crippen molar-refractivity contribution in [3.63, 3.8) is 0 Å². The van der Waals surface area contributed by atoms with E-state index in [0.29, 0.717) is 12.0 Å². The molecule has 2 saturated heterocycles. The highest BCUT2D eigenvalue weighted by molar-refractivity contribution is 5.75. The van der Waals surface area contributed by atoms with E-state index in [1.54, 1.807) is 0 Å². The van der Waals surface area contributed by atoms with Gasteiger partial charge in [-0.15, -0.1) is 0 Å². The predicted octanol–water partition coefficient (Wildman–Crippen LogP) is 4.08. The molecule has 1 aromatic rings. The SMILES string of the molecule is CC(C)c1ccc2c(c1)C(NC(=O)N1CCC(OCCN3CCCC3)CC1)CC2. The first kappa shape index (κ1) is 20.7. The normalized spacial score (nSPS) is 23.0. The molecule has 0 saturated carbocycles. The third-order valence-corrected chi connectivity index (χ3v) is 6.90. The van der Waals surface area contributed by atoms with E-state index in [1.807, 2.05) is 4.90 Å². The minimum Gasteiger partial charge on any atom is -0.377 e. The molecule has 4 rings (SSSR count). The van der Waals surface area contributed by atoms with E-state index in [1.165, 1.54) is 42.6 Å². The number of hydrogen-bond donors (Lipinski definition) is 1. The largest absolute Gasteiger partial charge is 0.377 e. The second kappa shape index (κ2) is 9.48. The van der Waals surface area contributed by atoms with Crippen molar-refractivity contribution in [2.45, 2.75) is 70.4 Å². The van der Waals surface area contributed by atoms with Crippen LogP contribution < -0.4 is 5.32 Å². The van der Waals surface area contributed by atoms with Crippen LogP contribution in [0.15, 0.2) is 18.2 Å². The molecule has 1 aliphatic carbocycles. The summed E-state index contributed by atoms with van der Waals surface area (Å²) in [5.74, 6) is 0.516. The highest BCUT2D eigenvalue weighted by Crippen LogP contribution is 2.33. The van der Waals surface area contributed by atoms with Crippen LogP contribution in [0, 0.1) is 0 Å². The van der Waals surface area contributed by atoms with Gasteiger partial charge in [0.05, 0.1) is 18.8 Å². The van der Waals surface area contributed by atoms with E-state index in [9.17, 15) is 4.79 Å². The molecule has 2 fully saturated rings. The molecule has 1 aromatic carbocycles. The summed E-state index contributed by atoms with van der Waals surface area (Å²) in [5, 5.41) is 3.31. The molecule has 0 spiro atoms. The minimum absolute atomic E-state index is 0.0910. The number of likely N-dealkylation sites (tertiary alicyclic amines) is 2. The second-order valence-corrected chi connectivity index (χ2v) is 9.26. The van der Waals surface area contributed by atoms with Crippen LogP contribution in [0.2, 0.25) is 0 Å². The van der Waals surface area contributed by atoms with Crippen molar-refractivity contribution in [3.8, 4) is 0 Å². The summed E-state index contributed by atoms with van der Waals surface area (Å²) in [6.45, 7) is 10.4. The lowest BCUT2D eigenvalue weighted by atomic mass is 9.97. The van der Waals surface area contributed by atoms with Gasteiger partial charge in [0.15, 0.2) is 0 Å². The fourth-order valence-electron chi connectivity index (χ4n) is 4.95. The first-order chi connectivity index (χ1) is 14.1. The maximum Gasteiger partial charge on any atom is 0.317 e. The highest BCUT2D eigenvalue weighted by Gasteiger charge is 2.28. The van der Waals surface area contributed by atoms with Crippen molar-refractivity contribution in [2.24, 2.45) is 0 Å². The summed E-state index contributed by atoms with van der Waals surface area (Å²) in [4.78, 5) is 17.3. The molecule has 5 nitrogen and oxygen atoms in total. The van der Waals surface area contributed by atoms with Crippen LogP contribution >= 0.6 is 0 Å². The van der Waals surface area contributed by atoms with E-state index in [-0.39, 0.29) is 12.1 Å². The predicted molar refractivity (Wildman–Crippen MR) is 116 cm³/mol. The number of benzene rings is 1. The Morgan fingerprint density at radius 3 is 2.62 bits per heavy atom. The Bertz CT molecular complexity index is 691. The summed E-state index contributed by atoms with van der Waals surface area (Å²) in [5.41, 5.74) is 4.08. The van der Waals surface area contributed by atoms with Gasteiger partial charge in [0, 0.05) is 19.6 Å². The maximum absolute atomic E-state index is 12.8. The number of carbonyl (C=O) groups excluding carboxylic acids is 1. The lowest BCUT2D eigenvalue weighted by molar-refractivity contribution is 0.00678. The number of amides is 2. The van der Waals surface area contributed by atoms with Crippen LogP contribution in [0.25, 0.3) is 0 Å². The average molecular weight is 400 g/mol. The summed E-state index contributed by atoms with van der Waals surface area (Å²) >= 11 is 0. The Hall–Kier alpha value is -1.59. The molecule has 160 valence electrons. The van der Waals surface area contributed by atoms with Gasteiger partial charge in [-0.25, -0.2) is 4.79 Å². The topological polar surface area (TPSA) is 44.8 Å². The number of hydrogen-bond acceptors (Lipinski definition) is 3. The molecule has 29 heavy (non-hydrogen) atoms. The highest BCUT2D eigenvalue weighted by atomic mass is 16.5. The van der Waals surface area contributed by atoms with E-state index < -0.39 is 0 Å². The Morgan fingerprint density at radius 2 is 1.90 bits per heavy atom. The number of piperidine rings is 1. The molecule has 0 aromatic heterocycles. The number of nitrogens with one attached hydrogen (secondary N) is 1. The van der Waals surface area contributed by atoms with Crippen molar-refractivity contribution in [3.05, 3.63) is 34.9 Å². The minimum atomic E-state index is 0.0910. The number of aryl methyl sites for hydroxylation is 1. The van der Waals surface area contributed by atoms with Crippen LogP contribution in [0.3, 0.4) is 0 Å². The average Bonchev–Trinajstić information content (AvgIpc) is 3.38. The van der Waals surface area contributed by atoms with Crippen LogP contribution in [0.1, 0.15) is 74.6 Å². The van der Waals surface area contributed by atoms with Gasteiger partial charge < -0.3 is 19.9 Å². The molecule has 2 heterocycles. The van der Waals surface area contributed by atoms with Crippen LogP contribution in [0.5, 0.6) is 0 Å². The Balaban J connectivity index is 1.22. The monoisotopic (exact) mass is 399 g/mol. The third-order valence-electron chi connectivity index (χ3n) is 6.90. The van der Waals surface area contributed by atoms with Gasteiger partial charge in [0.1, 0.15) is 0 Å². The number of nitrogens with zero attached hydrogens (tertiary/aromatic N) is 2. The second-order valence-electron chi connectivity index (χ2n) is 9.26. The zero-order chi connectivity index (χ0) is 20.2. The summed E-state index contributed by atoms with van der Waals surface area (Å²) in [6.07, 6.45) is 6.94. The van der Waals surface area contributed by atoms with Gasteiger partial charge in [-0.1, -0.05) is 32.0 Å². The zero-order valence-corrected chi connectivity index (χ0v) is 18.2. The van der Waals surface area contributed by atoms with Gasteiger partial charge in [0.25, 0.3) is 0 Å². The number of rotatable bonds is 6. The smallest absolute Gasteiger partial charge is 0.317 e. The van der Waals surface area contributed by atoms with Crippen molar-refractivity contribution < 1.29 is 9.53 Å². The fourth-order valence-corrected chi connectivity index (χ4v) is 4.95. The van der Waals surface area contributed by atoms with Gasteiger partial charge in [-0.2, -0.15) is 0 Å². The fraction of sp³-hybridized carbons (Fsp3) is 0.708. The molecule has 5 heteroatoms. The maximum atomic E-state index is 12.8. The molecule has 1 unspecified atom stereocenters.